The van der Waals surface area contributed by atoms with Gasteiger partial charge in [0.1, 0.15) is 11.9 Å². The van der Waals surface area contributed by atoms with Crippen LogP contribution in [0.1, 0.15) is 23.7 Å². The van der Waals surface area contributed by atoms with Gasteiger partial charge >= 0.3 is 5.51 Å². The first-order valence-electron chi connectivity index (χ1n) is 8.86. The normalized spacial score (nSPS) is 16.9. The largest absolute Gasteiger partial charge is 0.484 e. The number of hydrogen-bond donors (Lipinski definition) is 0. The summed E-state index contributed by atoms with van der Waals surface area (Å²) in [4.78, 5) is 0.216. The third kappa shape index (κ3) is 4.25. The van der Waals surface area contributed by atoms with Crippen molar-refractivity contribution in [2.45, 2.75) is 18.0 Å². The Kier molecular flexibility index (Phi) is 5.18. The highest BCUT2D eigenvalue weighted by Crippen LogP contribution is 2.50. The van der Waals surface area contributed by atoms with E-state index in [0.29, 0.717) is 11.3 Å². The number of ether oxygens (including phenoxy) is 1. The smallest absolute Gasteiger partial charge is 0.446 e. The quantitative estimate of drug-likeness (QED) is 0.452. The highest BCUT2D eigenvalue weighted by molar-refractivity contribution is 8.04. The van der Waals surface area contributed by atoms with Crippen LogP contribution in [0.2, 0.25) is 0 Å². The van der Waals surface area contributed by atoms with Crippen LogP contribution >= 0.6 is 11.8 Å². The zero-order chi connectivity index (χ0) is 19.6. The summed E-state index contributed by atoms with van der Waals surface area (Å²) in [6, 6.07) is 26.7. The minimum absolute atomic E-state index is 0.0791. The van der Waals surface area contributed by atoms with Gasteiger partial charge < -0.3 is 4.74 Å². The molecule has 5 heteroatoms. The lowest BCUT2D eigenvalue weighted by Crippen LogP contribution is -2.00. The van der Waals surface area contributed by atoms with Crippen molar-refractivity contribution in [3.8, 4) is 11.1 Å². The van der Waals surface area contributed by atoms with Gasteiger partial charge in [-0.05, 0) is 28.5 Å². The molecule has 0 fully saturated rings. The minimum atomic E-state index is -4.35. The Hall–Kier alpha value is -2.66. The van der Waals surface area contributed by atoms with Crippen LogP contribution < -0.4 is 0 Å². The van der Waals surface area contributed by atoms with E-state index in [1.165, 1.54) is 0 Å². The molecule has 1 aliphatic rings. The molecule has 0 aliphatic carbocycles. The summed E-state index contributed by atoms with van der Waals surface area (Å²) in [5.41, 5.74) is -0.752. The average molecular weight is 398 g/mol. The minimum Gasteiger partial charge on any atom is -0.484 e. The van der Waals surface area contributed by atoms with Crippen LogP contribution in [0.4, 0.5) is 13.2 Å². The zero-order valence-electron chi connectivity index (χ0n) is 14.8. The summed E-state index contributed by atoms with van der Waals surface area (Å²) in [6.07, 6.45) is -0.195. The molecular weight excluding hydrogens is 381 g/mol. The first-order valence-corrected chi connectivity index (χ1v) is 9.67. The Labute approximate surface area is 165 Å². The molecular formula is C23H17F3OS. The van der Waals surface area contributed by atoms with E-state index in [1.54, 1.807) is 0 Å². The molecule has 1 atom stereocenters. The molecule has 0 aromatic heterocycles. The molecule has 0 unspecified atom stereocenters. The lowest BCUT2D eigenvalue weighted by molar-refractivity contribution is -0.0322. The third-order valence-electron chi connectivity index (χ3n) is 4.55. The van der Waals surface area contributed by atoms with Gasteiger partial charge in [-0.1, -0.05) is 84.9 Å². The molecule has 0 N–H and O–H groups in total. The van der Waals surface area contributed by atoms with Crippen LogP contribution in [0.15, 0.2) is 89.8 Å². The Morgan fingerprint density at radius 3 is 1.86 bits per heavy atom. The summed E-state index contributed by atoms with van der Waals surface area (Å²) >= 11 is -0.0791. The van der Waals surface area contributed by atoms with Gasteiger partial charge in [0.25, 0.3) is 0 Å². The molecule has 1 heterocycles. The maximum Gasteiger partial charge on any atom is 0.446 e. The fraction of sp³-hybridized carbons (Fsp3) is 0.130. The van der Waals surface area contributed by atoms with Crippen LogP contribution in [0, 0.1) is 0 Å². The Bertz CT molecular complexity index is 964. The number of hydrogen-bond acceptors (Lipinski definition) is 2. The van der Waals surface area contributed by atoms with Gasteiger partial charge in [0.05, 0.1) is 0 Å². The van der Waals surface area contributed by atoms with Gasteiger partial charge in [0, 0.05) is 16.9 Å². The summed E-state index contributed by atoms with van der Waals surface area (Å²) in [5, 5.41) is 0. The number of thioether (sulfide) groups is 1. The first kappa shape index (κ1) is 18.7. The highest BCUT2D eigenvalue weighted by Gasteiger charge is 2.37. The fourth-order valence-corrected chi connectivity index (χ4v) is 4.04. The lowest BCUT2D eigenvalue weighted by Gasteiger charge is -2.13. The van der Waals surface area contributed by atoms with Crippen molar-refractivity contribution < 1.29 is 17.9 Å². The SMILES string of the molecule is FC(F)(F)SC1=C(c2ccc(-c3ccccc3)cc2)O[C@H](c2ccccc2)C1. The van der Waals surface area contributed by atoms with E-state index in [9.17, 15) is 13.2 Å². The molecule has 0 saturated heterocycles. The molecule has 3 aromatic carbocycles. The average Bonchev–Trinajstić information content (AvgIpc) is 3.11. The molecule has 3 aromatic rings. The molecule has 0 saturated carbocycles. The van der Waals surface area contributed by atoms with Crippen molar-refractivity contribution in [3.63, 3.8) is 0 Å². The predicted molar refractivity (Wildman–Crippen MR) is 107 cm³/mol. The highest BCUT2D eigenvalue weighted by atomic mass is 32.2. The molecule has 142 valence electrons. The fourth-order valence-electron chi connectivity index (χ4n) is 3.27. The van der Waals surface area contributed by atoms with Gasteiger partial charge in [-0.3, -0.25) is 0 Å². The van der Waals surface area contributed by atoms with Crippen molar-refractivity contribution in [1.82, 2.24) is 0 Å². The van der Waals surface area contributed by atoms with E-state index >= 15 is 0 Å². The van der Waals surface area contributed by atoms with Gasteiger partial charge in [-0.15, -0.1) is 0 Å². The van der Waals surface area contributed by atoms with E-state index in [-0.39, 0.29) is 23.1 Å². The second-order valence-corrected chi connectivity index (χ2v) is 7.62. The molecule has 1 aliphatic heterocycles. The Morgan fingerprint density at radius 2 is 1.25 bits per heavy atom. The molecule has 0 bridgehead atoms. The second kappa shape index (κ2) is 7.76. The van der Waals surface area contributed by atoms with Gasteiger partial charge in [0.2, 0.25) is 0 Å². The molecule has 0 radical (unpaired) electrons. The van der Waals surface area contributed by atoms with Crippen LogP contribution in [0.3, 0.4) is 0 Å². The van der Waals surface area contributed by atoms with E-state index in [4.69, 9.17) is 4.74 Å². The van der Waals surface area contributed by atoms with Gasteiger partial charge in [0.15, 0.2) is 0 Å². The molecule has 0 spiro atoms. The standard InChI is InChI=1S/C23H17F3OS/c24-23(25,26)28-21-15-20(18-9-5-2-6-10-18)27-22(21)19-13-11-17(12-14-19)16-7-3-1-4-8-16/h1-14,20H,15H2/t20-/m0/s1. The first-order chi connectivity index (χ1) is 13.5. The van der Waals surface area contributed by atoms with Gasteiger partial charge in [-0.2, -0.15) is 13.2 Å². The second-order valence-electron chi connectivity index (χ2n) is 6.46. The Morgan fingerprint density at radius 1 is 0.714 bits per heavy atom. The van der Waals surface area contributed by atoms with Crippen molar-refractivity contribution in [1.29, 1.82) is 0 Å². The third-order valence-corrected chi connectivity index (χ3v) is 5.38. The van der Waals surface area contributed by atoms with Crippen LogP contribution in [-0.4, -0.2) is 5.51 Å². The zero-order valence-corrected chi connectivity index (χ0v) is 15.6. The van der Waals surface area contributed by atoms with Crippen molar-refractivity contribution in [3.05, 3.63) is 101 Å². The Balaban J connectivity index is 1.64. The number of halogens is 3. The number of alkyl halides is 3. The monoisotopic (exact) mass is 398 g/mol. The van der Waals surface area contributed by atoms with E-state index in [2.05, 4.69) is 0 Å². The summed E-state index contributed by atoms with van der Waals surface area (Å²) in [6.45, 7) is 0. The maximum atomic E-state index is 13.1. The summed E-state index contributed by atoms with van der Waals surface area (Å²) < 4.78 is 45.3. The molecule has 4 rings (SSSR count). The van der Waals surface area contributed by atoms with Crippen molar-refractivity contribution in [2.24, 2.45) is 0 Å². The van der Waals surface area contributed by atoms with E-state index in [0.717, 1.165) is 16.7 Å². The van der Waals surface area contributed by atoms with Crippen molar-refractivity contribution in [2.75, 3.05) is 0 Å². The topological polar surface area (TPSA) is 9.23 Å². The van der Waals surface area contributed by atoms with Crippen LogP contribution in [0.25, 0.3) is 16.9 Å². The molecule has 28 heavy (non-hydrogen) atoms. The lowest BCUT2D eigenvalue weighted by atomic mass is 10.0. The van der Waals surface area contributed by atoms with Gasteiger partial charge in [-0.25, -0.2) is 0 Å². The maximum absolute atomic E-state index is 13.1. The molecule has 0 amide bonds. The summed E-state index contributed by atoms with van der Waals surface area (Å²) in [5.74, 6) is 0.316. The molecule has 1 nitrogen and oxygen atoms in total. The van der Waals surface area contributed by atoms with E-state index in [1.807, 2.05) is 84.9 Å². The van der Waals surface area contributed by atoms with Crippen LogP contribution in [0.5, 0.6) is 0 Å². The summed E-state index contributed by atoms with van der Waals surface area (Å²) in [7, 11) is 0. The van der Waals surface area contributed by atoms with Crippen molar-refractivity contribution >= 4 is 17.5 Å². The predicted octanol–water partition coefficient (Wildman–Crippen LogP) is 7.44. The van der Waals surface area contributed by atoms with E-state index < -0.39 is 11.6 Å². The van der Waals surface area contributed by atoms with Crippen LogP contribution in [-0.2, 0) is 4.74 Å². The number of rotatable bonds is 4. The number of benzene rings is 3.